The Kier molecular flexibility index (Phi) is 5.72. The van der Waals surface area contributed by atoms with Gasteiger partial charge in [-0.25, -0.2) is 0 Å². The fraction of sp³-hybridized carbons (Fsp3) is 0.500. The van der Waals surface area contributed by atoms with Crippen molar-refractivity contribution in [3.05, 3.63) is 33.3 Å². The van der Waals surface area contributed by atoms with Crippen LogP contribution in [0.15, 0.2) is 22.7 Å². The Hall–Kier alpha value is -0.0600. The van der Waals surface area contributed by atoms with Gasteiger partial charge in [-0.2, -0.15) is 0 Å². The molecule has 0 bridgehead atoms. The molecule has 19 heavy (non-hydrogen) atoms. The van der Waals surface area contributed by atoms with Crippen molar-refractivity contribution in [1.82, 2.24) is 5.32 Å². The largest absolute Gasteiger partial charge is 0.352 e. The molecule has 1 amide bonds. The van der Waals surface area contributed by atoms with Crippen LogP contribution in [0.25, 0.3) is 0 Å². The summed E-state index contributed by atoms with van der Waals surface area (Å²) in [5.41, 5.74) is 0.631. The molecule has 0 saturated heterocycles. The summed E-state index contributed by atoms with van der Waals surface area (Å²) in [5, 5.41) is 3.64. The van der Waals surface area contributed by atoms with Crippen LogP contribution in [-0.2, 0) is 0 Å². The summed E-state index contributed by atoms with van der Waals surface area (Å²) in [6, 6.07) is 5.22. The highest BCUT2D eigenvalue weighted by Gasteiger charge is 2.23. The van der Waals surface area contributed by atoms with Crippen LogP contribution in [0.3, 0.4) is 0 Å². The maximum absolute atomic E-state index is 12.1. The summed E-state index contributed by atoms with van der Waals surface area (Å²) in [6.45, 7) is 0.726. The second-order valence-corrected chi connectivity index (χ2v) is 7.36. The maximum Gasteiger partial charge on any atom is 0.252 e. The molecule has 2 unspecified atom stereocenters. The van der Waals surface area contributed by atoms with E-state index in [2.05, 4.69) is 37.2 Å². The Balaban J connectivity index is 1.93. The molecule has 1 aromatic carbocycles. The van der Waals surface area contributed by atoms with Gasteiger partial charge in [-0.15, -0.1) is 0 Å². The fourth-order valence-electron chi connectivity index (χ4n) is 2.38. The molecule has 0 aliphatic heterocycles. The lowest BCUT2D eigenvalue weighted by molar-refractivity contribution is 0.0943. The third-order valence-electron chi connectivity index (χ3n) is 3.52. The van der Waals surface area contributed by atoms with Gasteiger partial charge in [0, 0.05) is 20.9 Å². The number of halogens is 3. The molecule has 104 valence electrons. The minimum absolute atomic E-state index is 0.0474. The van der Waals surface area contributed by atoms with Gasteiger partial charge in [0.05, 0.1) is 5.56 Å². The Labute approximate surface area is 135 Å². The first-order valence-electron chi connectivity index (χ1n) is 6.45. The predicted octanol–water partition coefficient (Wildman–Crippen LogP) is 4.79. The van der Waals surface area contributed by atoms with E-state index in [1.165, 1.54) is 25.7 Å². The molecular weight excluding hydrogens is 393 g/mol. The van der Waals surface area contributed by atoms with Gasteiger partial charge in [0.25, 0.3) is 5.91 Å². The maximum atomic E-state index is 12.1. The Morgan fingerprint density at radius 2 is 2.11 bits per heavy atom. The first-order valence-corrected chi connectivity index (χ1v) is 8.54. The zero-order valence-corrected chi connectivity index (χ0v) is 14.4. The van der Waals surface area contributed by atoms with Crippen LogP contribution in [-0.4, -0.2) is 17.3 Å². The fourth-order valence-corrected chi connectivity index (χ4v) is 4.02. The van der Waals surface area contributed by atoms with Gasteiger partial charge in [0.15, 0.2) is 0 Å². The number of carbonyl (C=O) groups excluding carboxylic acids is 1. The summed E-state index contributed by atoms with van der Waals surface area (Å²) in [6.07, 6.45) is 4.92. The van der Waals surface area contributed by atoms with E-state index in [1.54, 1.807) is 18.2 Å². The highest BCUT2D eigenvalue weighted by atomic mass is 79.9. The van der Waals surface area contributed by atoms with Crippen LogP contribution in [0.2, 0.25) is 5.02 Å². The molecule has 5 heteroatoms. The normalized spacial score (nSPS) is 23.1. The number of benzene rings is 1. The number of nitrogens with one attached hydrogen (secondary N) is 1. The zero-order chi connectivity index (χ0) is 13.8. The van der Waals surface area contributed by atoms with E-state index in [4.69, 9.17) is 11.6 Å². The SMILES string of the molecule is O=C(NCC1CCCCC1Br)c1ccc(Cl)cc1Br. The quantitative estimate of drug-likeness (QED) is 0.715. The molecule has 0 radical (unpaired) electrons. The van der Waals surface area contributed by atoms with Crippen molar-refractivity contribution in [2.75, 3.05) is 6.54 Å². The van der Waals surface area contributed by atoms with E-state index < -0.39 is 0 Å². The molecule has 1 fully saturated rings. The topological polar surface area (TPSA) is 29.1 Å². The van der Waals surface area contributed by atoms with Crippen molar-refractivity contribution in [2.45, 2.75) is 30.5 Å². The van der Waals surface area contributed by atoms with Gasteiger partial charge < -0.3 is 5.32 Å². The number of rotatable bonds is 3. The molecule has 2 atom stereocenters. The number of hydrogen-bond acceptors (Lipinski definition) is 1. The van der Waals surface area contributed by atoms with Crippen LogP contribution in [0, 0.1) is 5.92 Å². The predicted molar refractivity (Wildman–Crippen MR) is 86.2 cm³/mol. The van der Waals surface area contributed by atoms with Gasteiger partial charge in [-0.05, 0) is 52.9 Å². The third-order valence-corrected chi connectivity index (χ3v) is 5.61. The summed E-state index contributed by atoms with van der Waals surface area (Å²) in [5.74, 6) is 0.484. The standard InChI is InChI=1S/C14H16Br2ClNO/c15-12-4-2-1-3-9(12)8-18-14(19)11-6-5-10(17)7-13(11)16/h5-7,9,12H,1-4,8H2,(H,18,19). The molecule has 0 spiro atoms. The molecule has 0 aromatic heterocycles. The molecular formula is C14H16Br2ClNO. The number of hydrogen-bond donors (Lipinski definition) is 1. The molecule has 2 rings (SSSR count). The van der Waals surface area contributed by atoms with E-state index in [0.29, 0.717) is 21.3 Å². The lowest BCUT2D eigenvalue weighted by atomic mass is 9.89. The molecule has 1 N–H and O–H groups in total. The lowest BCUT2D eigenvalue weighted by Gasteiger charge is -2.27. The first-order chi connectivity index (χ1) is 9.08. The van der Waals surface area contributed by atoms with Crippen LogP contribution < -0.4 is 5.32 Å². The minimum Gasteiger partial charge on any atom is -0.352 e. The Morgan fingerprint density at radius 1 is 1.37 bits per heavy atom. The summed E-state index contributed by atoms with van der Waals surface area (Å²) in [4.78, 5) is 12.6. The summed E-state index contributed by atoms with van der Waals surface area (Å²) < 4.78 is 0.733. The highest BCUT2D eigenvalue weighted by Crippen LogP contribution is 2.29. The van der Waals surface area contributed by atoms with Crippen molar-refractivity contribution < 1.29 is 4.79 Å². The minimum atomic E-state index is -0.0474. The monoisotopic (exact) mass is 407 g/mol. The molecule has 1 aliphatic rings. The Bertz CT molecular complexity index is 467. The van der Waals surface area contributed by atoms with Gasteiger partial charge in [0.1, 0.15) is 0 Å². The van der Waals surface area contributed by atoms with Crippen molar-refractivity contribution in [3.63, 3.8) is 0 Å². The molecule has 1 aliphatic carbocycles. The second kappa shape index (κ2) is 7.09. The summed E-state index contributed by atoms with van der Waals surface area (Å²) >= 11 is 12.9. The van der Waals surface area contributed by atoms with Gasteiger partial charge in [0.2, 0.25) is 0 Å². The lowest BCUT2D eigenvalue weighted by Crippen LogP contribution is -2.34. The number of amides is 1. The van der Waals surface area contributed by atoms with Crippen molar-refractivity contribution in [1.29, 1.82) is 0 Å². The van der Waals surface area contributed by atoms with E-state index in [-0.39, 0.29) is 5.91 Å². The Morgan fingerprint density at radius 3 is 2.79 bits per heavy atom. The smallest absolute Gasteiger partial charge is 0.252 e. The highest BCUT2D eigenvalue weighted by molar-refractivity contribution is 9.10. The van der Waals surface area contributed by atoms with Gasteiger partial charge >= 0.3 is 0 Å². The second-order valence-electron chi connectivity index (χ2n) is 4.89. The van der Waals surface area contributed by atoms with E-state index in [0.717, 1.165) is 11.0 Å². The van der Waals surface area contributed by atoms with Crippen molar-refractivity contribution in [3.8, 4) is 0 Å². The van der Waals surface area contributed by atoms with Crippen molar-refractivity contribution >= 4 is 49.4 Å². The number of carbonyl (C=O) groups is 1. The number of alkyl halides is 1. The average molecular weight is 410 g/mol. The average Bonchev–Trinajstić information content (AvgIpc) is 2.37. The van der Waals surface area contributed by atoms with Gasteiger partial charge in [-0.1, -0.05) is 40.4 Å². The molecule has 0 heterocycles. The van der Waals surface area contributed by atoms with E-state index in [9.17, 15) is 4.79 Å². The molecule has 2 nitrogen and oxygen atoms in total. The van der Waals surface area contributed by atoms with Crippen LogP contribution in [0.1, 0.15) is 36.0 Å². The van der Waals surface area contributed by atoms with Crippen LogP contribution in [0.4, 0.5) is 0 Å². The van der Waals surface area contributed by atoms with Crippen LogP contribution >= 0.6 is 43.5 Å². The van der Waals surface area contributed by atoms with Crippen LogP contribution in [0.5, 0.6) is 0 Å². The summed E-state index contributed by atoms with van der Waals surface area (Å²) in [7, 11) is 0. The molecule has 1 saturated carbocycles. The third kappa shape index (κ3) is 4.20. The zero-order valence-electron chi connectivity index (χ0n) is 10.5. The molecule has 1 aromatic rings. The first kappa shape index (κ1) is 15.3. The van der Waals surface area contributed by atoms with Crippen molar-refractivity contribution in [2.24, 2.45) is 5.92 Å². The van der Waals surface area contributed by atoms with E-state index in [1.807, 2.05) is 0 Å². The van der Waals surface area contributed by atoms with Gasteiger partial charge in [-0.3, -0.25) is 4.79 Å². The van der Waals surface area contributed by atoms with E-state index >= 15 is 0 Å².